The molecule has 0 amide bonds. The second-order valence-corrected chi connectivity index (χ2v) is 5.59. The average molecular weight is 250 g/mol. The van der Waals surface area contributed by atoms with E-state index in [-0.39, 0.29) is 0 Å². The van der Waals surface area contributed by atoms with E-state index in [9.17, 15) is 0 Å². The minimum absolute atomic E-state index is 1.17. The Balaban J connectivity index is 1.89. The van der Waals surface area contributed by atoms with Gasteiger partial charge in [-0.3, -0.25) is 4.90 Å². The van der Waals surface area contributed by atoms with Crippen molar-refractivity contribution in [2.45, 2.75) is 6.92 Å². The van der Waals surface area contributed by atoms with Gasteiger partial charge in [0.15, 0.2) is 0 Å². The highest BCUT2D eigenvalue weighted by Crippen LogP contribution is 2.20. The zero-order chi connectivity index (χ0) is 12.1. The first-order chi connectivity index (χ1) is 8.31. The second-order valence-electron chi connectivity index (χ2n) is 4.61. The zero-order valence-corrected chi connectivity index (χ0v) is 11.7. The third kappa shape index (κ3) is 3.39. The highest BCUT2D eigenvalue weighted by molar-refractivity contribution is 7.98. The minimum Gasteiger partial charge on any atom is -0.369 e. The summed E-state index contributed by atoms with van der Waals surface area (Å²) in [4.78, 5) is 5.09. The predicted molar refractivity (Wildman–Crippen MR) is 78.2 cm³/mol. The lowest BCUT2D eigenvalue weighted by Crippen LogP contribution is -2.47. The van der Waals surface area contributed by atoms with Gasteiger partial charge in [0.2, 0.25) is 0 Å². The molecule has 2 nitrogen and oxygen atoms in total. The fourth-order valence-electron chi connectivity index (χ4n) is 2.35. The first-order valence-corrected chi connectivity index (χ1v) is 7.72. The minimum atomic E-state index is 1.17. The summed E-state index contributed by atoms with van der Waals surface area (Å²) in [7, 11) is 0. The fraction of sp³-hybridized carbons (Fsp3) is 0.571. The van der Waals surface area contributed by atoms with Crippen LogP contribution in [0.15, 0.2) is 24.3 Å². The van der Waals surface area contributed by atoms with Crippen molar-refractivity contribution < 1.29 is 0 Å². The first kappa shape index (κ1) is 12.8. The summed E-state index contributed by atoms with van der Waals surface area (Å²) in [6.07, 6.45) is 2.18. The quantitative estimate of drug-likeness (QED) is 0.810. The molecule has 17 heavy (non-hydrogen) atoms. The lowest BCUT2D eigenvalue weighted by atomic mass is 10.1. The van der Waals surface area contributed by atoms with Gasteiger partial charge in [-0.05, 0) is 24.8 Å². The van der Waals surface area contributed by atoms with Crippen LogP contribution in [0, 0.1) is 6.92 Å². The molecule has 3 heteroatoms. The van der Waals surface area contributed by atoms with Crippen molar-refractivity contribution in [2.75, 3.05) is 49.6 Å². The van der Waals surface area contributed by atoms with Gasteiger partial charge in [-0.2, -0.15) is 11.8 Å². The molecule has 0 N–H and O–H groups in total. The van der Waals surface area contributed by atoms with Crippen LogP contribution in [-0.2, 0) is 0 Å². The Kier molecular flexibility index (Phi) is 4.75. The van der Waals surface area contributed by atoms with Crippen molar-refractivity contribution in [3.8, 4) is 0 Å². The van der Waals surface area contributed by atoms with E-state index in [0.29, 0.717) is 0 Å². The highest BCUT2D eigenvalue weighted by Gasteiger charge is 2.17. The van der Waals surface area contributed by atoms with E-state index in [1.54, 1.807) is 0 Å². The number of nitrogens with zero attached hydrogens (tertiary/aromatic N) is 2. The Bertz CT molecular complexity index is 346. The molecule has 0 radical (unpaired) electrons. The summed E-state index contributed by atoms with van der Waals surface area (Å²) in [5.41, 5.74) is 2.81. The normalized spacial score (nSPS) is 17.4. The maximum Gasteiger partial charge on any atom is 0.0396 e. The van der Waals surface area contributed by atoms with Gasteiger partial charge in [-0.1, -0.05) is 18.2 Å². The van der Waals surface area contributed by atoms with Gasteiger partial charge in [0.05, 0.1) is 0 Å². The molecule has 0 unspecified atom stereocenters. The molecule has 1 aromatic rings. The molecule has 0 spiro atoms. The van der Waals surface area contributed by atoms with Gasteiger partial charge >= 0.3 is 0 Å². The standard InChI is InChI=1S/C14H22N2S/c1-13-5-3-4-6-14(13)16-9-7-15(8-10-16)11-12-17-2/h3-6H,7-12H2,1-2H3. The maximum absolute atomic E-state index is 2.57. The molecule has 0 saturated carbocycles. The molecule has 0 bridgehead atoms. The van der Waals surface area contributed by atoms with E-state index in [4.69, 9.17) is 0 Å². The topological polar surface area (TPSA) is 6.48 Å². The van der Waals surface area contributed by atoms with E-state index in [1.165, 1.54) is 49.7 Å². The molecule has 1 aliphatic heterocycles. The number of aryl methyl sites for hydroxylation is 1. The smallest absolute Gasteiger partial charge is 0.0396 e. The largest absolute Gasteiger partial charge is 0.369 e. The Morgan fingerprint density at radius 3 is 2.47 bits per heavy atom. The number of hydrogen-bond donors (Lipinski definition) is 0. The van der Waals surface area contributed by atoms with Crippen molar-refractivity contribution in [3.05, 3.63) is 29.8 Å². The van der Waals surface area contributed by atoms with Crippen molar-refractivity contribution >= 4 is 17.4 Å². The maximum atomic E-state index is 2.57. The Labute approximate surface area is 109 Å². The van der Waals surface area contributed by atoms with E-state index in [1.807, 2.05) is 11.8 Å². The van der Waals surface area contributed by atoms with E-state index in [0.717, 1.165) is 0 Å². The second kappa shape index (κ2) is 6.31. The van der Waals surface area contributed by atoms with Gasteiger partial charge in [0.25, 0.3) is 0 Å². The molecule has 0 aromatic heterocycles. The monoisotopic (exact) mass is 250 g/mol. The highest BCUT2D eigenvalue weighted by atomic mass is 32.2. The van der Waals surface area contributed by atoms with Crippen LogP contribution in [0.3, 0.4) is 0 Å². The molecule has 1 saturated heterocycles. The molecule has 1 aliphatic rings. The van der Waals surface area contributed by atoms with Crippen molar-refractivity contribution in [3.63, 3.8) is 0 Å². The lowest BCUT2D eigenvalue weighted by Gasteiger charge is -2.36. The van der Waals surface area contributed by atoms with Crippen molar-refractivity contribution in [1.29, 1.82) is 0 Å². The van der Waals surface area contributed by atoms with Crippen LogP contribution < -0.4 is 4.90 Å². The summed E-state index contributed by atoms with van der Waals surface area (Å²) in [5, 5.41) is 0. The zero-order valence-electron chi connectivity index (χ0n) is 10.9. The van der Waals surface area contributed by atoms with Crippen molar-refractivity contribution in [2.24, 2.45) is 0 Å². The molecule has 1 fully saturated rings. The van der Waals surface area contributed by atoms with E-state index >= 15 is 0 Å². The molecule has 0 aliphatic carbocycles. The average Bonchev–Trinajstić information content (AvgIpc) is 2.38. The molecule has 94 valence electrons. The van der Waals surface area contributed by atoms with Gasteiger partial charge in [0, 0.05) is 44.2 Å². The lowest BCUT2D eigenvalue weighted by molar-refractivity contribution is 0.273. The number of anilines is 1. The van der Waals surface area contributed by atoms with Crippen LogP contribution in [0.5, 0.6) is 0 Å². The summed E-state index contributed by atoms with van der Waals surface area (Å²) in [5.74, 6) is 1.25. The number of hydrogen-bond acceptors (Lipinski definition) is 3. The van der Waals surface area contributed by atoms with Crippen LogP contribution in [0.25, 0.3) is 0 Å². The summed E-state index contributed by atoms with van der Waals surface area (Å²) < 4.78 is 0. The van der Waals surface area contributed by atoms with Crippen LogP contribution in [0.2, 0.25) is 0 Å². The van der Waals surface area contributed by atoms with Crippen LogP contribution >= 0.6 is 11.8 Å². The third-order valence-corrected chi connectivity index (χ3v) is 4.03. The Morgan fingerprint density at radius 1 is 1.12 bits per heavy atom. The SMILES string of the molecule is CSCCN1CCN(c2ccccc2C)CC1. The van der Waals surface area contributed by atoms with Gasteiger partial charge in [-0.15, -0.1) is 0 Å². The van der Waals surface area contributed by atoms with Crippen LogP contribution in [0.1, 0.15) is 5.56 Å². The first-order valence-electron chi connectivity index (χ1n) is 6.33. The summed E-state index contributed by atoms with van der Waals surface area (Å²) in [6.45, 7) is 8.18. The number of rotatable bonds is 4. The fourth-order valence-corrected chi connectivity index (χ4v) is 2.79. The summed E-state index contributed by atoms with van der Waals surface area (Å²) in [6, 6.07) is 8.71. The number of piperazine rings is 1. The Morgan fingerprint density at radius 2 is 1.82 bits per heavy atom. The number of para-hydroxylation sites is 1. The molecule has 0 atom stereocenters. The molecule has 2 rings (SSSR count). The van der Waals surface area contributed by atoms with Gasteiger partial charge in [0.1, 0.15) is 0 Å². The van der Waals surface area contributed by atoms with Crippen LogP contribution in [0.4, 0.5) is 5.69 Å². The van der Waals surface area contributed by atoms with E-state index < -0.39 is 0 Å². The Hall–Kier alpha value is -0.670. The summed E-state index contributed by atoms with van der Waals surface area (Å²) >= 11 is 1.94. The molecular weight excluding hydrogens is 228 g/mol. The van der Waals surface area contributed by atoms with Crippen LogP contribution in [-0.4, -0.2) is 49.6 Å². The molecule has 1 aromatic carbocycles. The third-order valence-electron chi connectivity index (χ3n) is 3.44. The van der Waals surface area contributed by atoms with Crippen molar-refractivity contribution in [1.82, 2.24) is 4.90 Å². The van der Waals surface area contributed by atoms with Gasteiger partial charge < -0.3 is 4.90 Å². The molecular formula is C14H22N2S. The van der Waals surface area contributed by atoms with E-state index in [2.05, 4.69) is 47.2 Å². The molecule has 1 heterocycles. The van der Waals surface area contributed by atoms with Gasteiger partial charge in [-0.25, -0.2) is 0 Å². The predicted octanol–water partition coefficient (Wildman–Crippen LogP) is 2.48. The number of benzene rings is 1. The number of thioether (sulfide) groups is 1.